The van der Waals surface area contributed by atoms with E-state index in [-0.39, 0.29) is 12.1 Å². The van der Waals surface area contributed by atoms with Crippen molar-refractivity contribution in [3.05, 3.63) is 65.2 Å². The van der Waals surface area contributed by atoms with E-state index in [1.54, 1.807) is 6.07 Å². The van der Waals surface area contributed by atoms with Crippen LogP contribution in [0.3, 0.4) is 0 Å². The molecule has 0 atom stereocenters. The third-order valence-corrected chi connectivity index (χ3v) is 3.00. The van der Waals surface area contributed by atoms with Crippen LogP contribution in [0.15, 0.2) is 42.5 Å². The van der Waals surface area contributed by atoms with E-state index in [0.29, 0.717) is 0 Å². The standard InChI is InChI=1S/C17H15F2NO3/c1-11-3-2-4-12(7-11)8-17(22)23-10-16(21)20-15-9-13(18)5-6-14(15)19/h2-7,9H,8,10H2,1H3,(H,20,21). The average molecular weight is 319 g/mol. The Bertz CT molecular complexity index is 732. The number of esters is 1. The number of rotatable bonds is 5. The Kier molecular flexibility index (Phi) is 5.41. The van der Waals surface area contributed by atoms with E-state index in [4.69, 9.17) is 4.74 Å². The van der Waals surface area contributed by atoms with Crippen molar-refractivity contribution in [2.45, 2.75) is 13.3 Å². The summed E-state index contributed by atoms with van der Waals surface area (Å²) in [7, 11) is 0. The molecule has 0 bridgehead atoms. The van der Waals surface area contributed by atoms with E-state index >= 15 is 0 Å². The van der Waals surface area contributed by atoms with Crippen LogP contribution in [-0.2, 0) is 20.7 Å². The van der Waals surface area contributed by atoms with Gasteiger partial charge < -0.3 is 10.1 Å². The highest BCUT2D eigenvalue weighted by Crippen LogP contribution is 2.15. The SMILES string of the molecule is Cc1cccc(CC(=O)OCC(=O)Nc2cc(F)ccc2F)c1. The number of aryl methyl sites for hydroxylation is 1. The molecular formula is C17H15F2NO3. The normalized spacial score (nSPS) is 10.2. The van der Waals surface area contributed by atoms with Gasteiger partial charge in [0.15, 0.2) is 6.61 Å². The van der Waals surface area contributed by atoms with E-state index in [1.807, 2.05) is 25.1 Å². The molecule has 0 saturated carbocycles. The summed E-state index contributed by atoms with van der Waals surface area (Å²) in [4.78, 5) is 23.3. The number of nitrogens with one attached hydrogen (secondary N) is 1. The lowest BCUT2D eigenvalue weighted by Gasteiger charge is -2.08. The van der Waals surface area contributed by atoms with Gasteiger partial charge in [0.25, 0.3) is 5.91 Å². The summed E-state index contributed by atoms with van der Waals surface area (Å²) < 4.78 is 31.2. The molecule has 2 rings (SSSR count). The number of benzene rings is 2. The molecule has 0 spiro atoms. The molecule has 2 aromatic rings. The van der Waals surface area contributed by atoms with Crippen molar-refractivity contribution in [3.8, 4) is 0 Å². The molecule has 0 fully saturated rings. The van der Waals surface area contributed by atoms with E-state index in [0.717, 1.165) is 29.3 Å². The fourth-order valence-electron chi connectivity index (χ4n) is 1.97. The highest BCUT2D eigenvalue weighted by atomic mass is 19.1. The van der Waals surface area contributed by atoms with Gasteiger partial charge >= 0.3 is 5.97 Å². The first-order chi connectivity index (χ1) is 10.9. The molecule has 23 heavy (non-hydrogen) atoms. The molecule has 0 aromatic heterocycles. The van der Waals surface area contributed by atoms with Crippen molar-refractivity contribution in [1.82, 2.24) is 0 Å². The zero-order valence-electron chi connectivity index (χ0n) is 12.4. The minimum Gasteiger partial charge on any atom is -0.455 e. The van der Waals surface area contributed by atoms with Gasteiger partial charge in [-0.25, -0.2) is 8.78 Å². The molecule has 4 nitrogen and oxygen atoms in total. The summed E-state index contributed by atoms with van der Waals surface area (Å²) in [5.74, 6) is -2.78. The molecule has 0 heterocycles. The van der Waals surface area contributed by atoms with Crippen LogP contribution < -0.4 is 5.32 Å². The molecule has 0 aliphatic heterocycles. The third-order valence-electron chi connectivity index (χ3n) is 3.00. The Morgan fingerprint density at radius 3 is 2.65 bits per heavy atom. The van der Waals surface area contributed by atoms with Crippen LogP contribution in [0.5, 0.6) is 0 Å². The van der Waals surface area contributed by atoms with Gasteiger partial charge in [0.2, 0.25) is 0 Å². The van der Waals surface area contributed by atoms with Gasteiger partial charge in [-0.05, 0) is 24.6 Å². The number of anilines is 1. The maximum Gasteiger partial charge on any atom is 0.310 e. The molecule has 120 valence electrons. The molecule has 0 radical (unpaired) electrons. The van der Waals surface area contributed by atoms with Crippen molar-refractivity contribution in [2.75, 3.05) is 11.9 Å². The van der Waals surface area contributed by atoms with Crippen LogP contribution in [0, 0.1) is 18.6 Å². The highest BCUT2D eigenvalue weighted by molar-refractivity contribution is 5.93. The predicted molar refractivity (Wildman–Crippen MR) is 80.8 cm³/mol. The van der Waals surface area contributed by atoms with Crippen LogP contribution in [0.25, 0.3) is 0 Å². The molecule has 0 aliphatic rings. The van der Waals surface area contributed by atoms with Crippen LogP contribution in [0.4, 0.5) is 14.5 Å². The Labute approximate surface area is 132 Å². The maximum atomic E-state index is 13.4. The van der Waals surface area contributed by atoms with Gasteiger partial charge in [-0.1, -0.05) is 29.8 Å². The summed E-state index contributed by atoms with van der Waals surface area (Å²) in [5, 5.41) is 2.15. The Hall–Kier alpha value is -2.76. The molecule has 1 N–H and O–H groups in total. The lowest BCUT2D eigenvalue weighted by Crippen LogP contribution is -2.22. The second-order valence-corrected chi connectivity index (χ2v) is 5.00. The first-order valence-corrected chi connectivity index (χ1v) is 6.90. The zero-order chi connectivity index (χ0) is 16.8. The number of halogens is 2. The Morgan fingerprint density at radius 2 is 1.91 bits per heavy atom. The van der Waals surface area contributed by atoms with Gasteiger partial charge in [0.05, 0.1) is 12.1 Å². The van der Waals surface area contributed by atoms with Crippen LogP contribution in [0.2, 0.25) is 0 Å². The van der Waals surface area contributed by atoms with Crippen molar-refractivity contribution in [1.29, 1.82) is 0 Å². The molecule has 1 amide bonds. The lowest BCUT2D eigenvalue weighted by molar-refractivity contribution is -0.146. The van der Waals surface area contributed by atoms with Gasteiger partial charge in [-0.2, -0.15) is 0 Å². The summed E-state index contributed by atoms with van der Waals surface area (Å²) in [6, 6.07) is 10.0. The van der Waals surface area contributed by atoms with Crippen molar-refractivity contribution < 1.29 is 23.1 Å². The second kappa shape index (κ2) is 7.49. The first-order valence-electron chi connectivity index (χ1n) is 6.90. The smallest absolute Gasteiger partial charge is 0.310 e. The summed E-state index contributed by atoms with van der Waals surface area (Å²) >= 11 is 0. The maximum absolute atomic E-state index is 13.4. The van der Waals surface area contributed by atoms with Gasteiger partial charge in [-0.15, -0.1) is 0 Å². The van der Waals surface area contributed by atoms with Crippen molar-refractivity contribution in [2.24, 2.45) is 0 Å². The highest BCUT2D eigenvalue weighted by Gasteiger charge is 2.11. The van der Waals surface area contributed by atoms with Crippen molar-refractivity contribution in [3.63, 3.8) is 0 Å². The minimum absolute atomic E-state index is 0.0310. The quantitative estimate of drug-likeness (QED) is 0.862. The van der Waals surface area contributed by atoms with Gasteiger partial charge in [0.1, 0.15) is 11.6 Å². The number of carbonyl (C=O) groups is 2. The van der Waals surface area contributed by atoms with Crippen molar-refractivity contribution >= 4 is 17.6 Å². The average Bonchev–Trinajstić information content (AvgIpc) is 2.49. The predicted octanol–water partition coefficient (Wildman–Crippen LogP) is 3.00. The molecule has 0 saturated heterocycles. The van der Waals surface area contributed by atoms with Gasteiger partial charge in [0, 0.05) is 6.07 Å². The molecule has 6 heteroatoms. The molecule has 0 unspecified atom stereocenters. The number of hydrogen-bond donors (Lipinski definition) is 1. The fourth-order valence-corrected chi connectivity index (χ4v) is 1.97. The van der Waals surface area contributed by atoms with E-state index in [9.17, 15) is 18.4 Å². The first kappa shape index (κ1) is 16.6. The Morgan fingerprint density at radius 1 is 1.13 bits per heavy atom. The van der Waals surface area contributed by atoms with E-state index < -0.39 is 30.1 Å². The summed E-state index contributed by atoms with van der Waals surface area (Å²) in [5.41, 5.74) is 1.48. The molecule has 0 aliphatic carbocycles. The fraction of sp³-hybridized carbons (Fsp3) is 0.176. The largest absolute Gasteiger partial charge is 0.455 e. The third kappa shape index (κ3) is 5.18. The minimum atomic E-state index is -0.772. The van der Waals surface area contributed by atoms with Crippen LogP contribution >= 0.6 is 0 Å². The summed E-state index contributed by atoms with van der Waals surface area (Å²) in [6.07, 6.45) is 0.0310. The second-order valence-electron chi connectivity index (χ2n) is 5.00. The number of carbonyl (C=O) groups excluding carboxylic acids is 2. The molecule has 2 aromatic carbocycles. The van der Waals surface area contributed by atoms with Gasteiger partial charge in [-0.3, -0.25) is 9.59 Å². The monoisotopic (exact) mass is 319 g/mol. The zero-order valence-corrected chi connectivity index (χ0v) is 12.4. The lowest BCUT2D eigenvalue weighted by atomic mass is 10.1. The van der Waals surface area contributed by atoms with E-state index in [1.165, 1.54) is 0 Å². The number of ether oxygens (including phenoxy) is 1. The van der Waals surface area contributed by atoms with E-state index in [2.05, 4.69) is 5.32 Å². The topological polar surface area (TPSA) is 55.4 Å². The Balaban J connectivity index is 1.84. The summed E-state index contributed by atoms with van der Waals surface area (Å²) in [6.45, 7) is 1.33. The number of hydrogen-bond acceptors (Lipinski definition) is 3. The molecular weight excluding hydrogens is 304 g/mol. The number of amides is 1. The van der Waals surface area contributed by atoms with Crippen LogP contribution in [-0.4, -0.2) is 18.5 Å². The van der Waals surface area contributed by atoms with Crippen LogP contribution in [0.1, 0.15) is 11.1 Å².